The van der Waals surface area contributed by atoms with Gasteiger partial charge in [-0.05, 0) is 43.7 Å². The van der Waals surface area contributed by atoms with E-state index in [-0.39, 0.29) is 11.3 Å². The second-order valence-electron chi connectivity index (χ2n) is 6.32. The van der Waals surface area contributed by atoms with E-state index in [4.69, 9.17) is 4.74 Å². The van der Waals surface area contributed by atoms with Crippen molar-refractivity contribution in [1.82, 2.24) is 9.78 Å². The molecule has 0 radical (unpaired) electrons. The fourth-order valence-electron chi connectivity index (χ4n) is 3.02. The molecule has 1 N–H and O–H groups in total. The van der Waals surface area contributed by atoms with Gasteiger partial charge in [-0.1, -0.05) is 18.2 Å². The Hall–Kier alpha value is -3.68. The van der Waals surface area contributed by atoms with Crippen LogP contribution in [0.2, 0.25) is 0 Å². The predicted octanol–water partition coefficient (Wildman–Crippen LogP) is 3.80. The molecule has 0 saturated heterocycles. The number of carbonyl (C=O) groups excluding carboxylic acids is 1. The zero-order valence-corrected chi connectivity index (χ0v) is 15.8. The number of esters is 1. The number of methoxy groups -OCH3 is 1. The standard InChI is InChI=1S/C20H20N4O4/c1-13-10-16(11-17(20(25)28-3)19(13)24(26)27)21-12-15-6-4-5-7-18(15)23-9-8-14(2)22-23/h4-11,21H,12H2,1-3H3. The van der Waals surface area contributed by atoms with E-state index in [9.17, 15) is 14.9 Å². The van der Waals surface area contributed by atoms with E-state index in [1.165, 1.54) is 13.2 Å². The monoisotopic (exact) mass is 380 g/mol. The molecule has 0 fully saturated rings. The molecule has 8 heteroatoms. The summed E-state index contributed by atoms with van der Waals surface area (Å²) in [6, 6.07) is 12.8. The van der Waals surface area contributed by atoms with Crippen LogP contribution in [0.15, 0.2) is 48.7 Å². The first-order chi connectivity index (χ1) is 13.4. The molecule has 8 nitrogen and oxygen atoms in total. The number of anilines is 1. The first kappa shape index (κ1) is 19.1. The van der Waals surface area contributed by atoms with E-state index in [2.05, 4.69) is 10.4 Å². The van der Waals surface area contributed by atoms with Gasteiger partial charge in [-0.25, -0.2) is 9.48 Å². The van der Waals surface area contributed by atoms with Gasteiger partial charge in [-0.2, -0.15) is 5.10 Å². The van der Waals surface area contributed by atoms with E-state index in [0.29, 0.717) is 17.8 Å². The maximum absolute atomic E-state index is 12.0. The Morgan fingerprint density at radius 1 is 1.25 bits per heavy atom. The molecule has 0 unspecified atom stereocenters. The van der Waals surface area contributed by atoms with Crippen molar-refractivity contribution in [2.24, 2.45) is 0 Å². The lowest BCUT2D eigenvalue weighted by atomic mass is 10.1. The molecule has 0 saturated carbocycles. The number of aromatic nitrogens is 2. The summed E-state index contributed by atoms with van der Waals surface area (Å²) in [7, 11) is 1.20. The van der Waals surface area contributed by atoms with Gasteiger partial charge in [0.2, 0.25) is 0 Å². The Labute approximate surface area is 161 Å². The number of ether oxygens (including phenoxy) is 1. The van der Waals surface area contributed by atoms with E-state index < -0.39 is 10.9 Å². The number of carbonyl (C=O) groups is 1. The molecule has 0 atom stereocenters. The first-order valence-electron chi connectivity index (χ1n) is 8.62. The van der Waals surface area contributed by atoms with Crippen molar-refractivity contribution in [2.75, 3.05) is 12.4 Å². The molecule has 2 aromatic carbocycles. The third kappa shape index (κ3) is 3.85. The van der Waals surface area contributed by atoms with Crippen molar-refractivity contribution in [3.63, 3.8) is 0 Å². The molecule has 0 bridgehead atoms. The normalized spacial score (nSPS) is 10.5. The molecule has 0 aliphatic heterocycles. The topological polar surface area (TPSA) is 99.3 Å². The molecule has 144 valence electrons. The molecule has 0 amide bonds. The molecule has 3 aromatic rings. The number of aryl methyl sites for hydroxylation is 2. The molecule has 3 rings (SSSR count). The Bertz CT molecular complexity index is 1040. The van der Waals surface area contributed by atoms with Crippen LogP contribution in [-0.2, 0) is 11.3 Å². The van der Waals surface area contributed by atoms with Crippen LogP contribution in [-0.4, -0.2) is 27.8 Å². The minimum atomic E-state index is -0.745. The number of nitrogens with zero attached hydrogens (tertiary/aromatic N) is 3. The number of hydrogen-bond acceptors (Lipinski definition) is 6. The van der Waals surface area contributed by atoms with E-state index in [1.807, 2.05) is 43.5 Å². The van der Waals surface area contributed by atoms with Crippen LogP contribution >= 0.6 is 0 Å². The van der Waals surface area contributed by atoms with Crippen LogP contribution in [0.1, 0.15) is 27.2 Å². The lowest BCUT2D eigenvalue weighted by Gasteiger charge is -2.13. The zero-order valence-electron chi connectivity index (χ0n) is 15.8. The third-order valence-corrected chi connectivity index (χ3v) is 4.33. The van der Waals surface area contributed by atoms with Crippen LogP contribution in [0.4, 0.5) is 11.4 Å². The number of benzene rings is 2. The van der Waals surface area contributed by atoms with Gasteiger partial charge in [0.1, 0.15) is 5.56 Å². The smallest absolute Gasteiger partial charge is 0.344 e. The fraction of sp³-hybridized carbons (Fsp3) is 0.200. The minimum absolute atomic E-state index is 0.0778. The summed E-state index contributed by atoms with van der Waals surface area (Å²) < 4.78 is 6.50. The minimum Gasteiger partial charge on any atom is -0.465 e. The summed E-state index contributed by atoms with van der Waals surface area (Å²) in [6.07, 6.45) is 1.89. The van der Waals surface area contributed by atoms with Crippen LogP contribution in [0.3, 0.4) is 0 Å². The maximum atomic E-state index is 12.0. The van der Waals surface area contributed by atoms with Crippen molar-refractivity contribution in [3.05, 3.63) is 81.2 Å². The van der Waals surface area contributed by atoms with Crippen molar-refractivity contribution >= 4 is 17.3 Å². The average Bonchev–Trinajstić information content (AvgIpc) is 3.11. The summed E-state index contributed by atoms with van der Waals surface area (Å²) in [4.78, 5) is 22.7. The third-order valence-electron chi connectivity index (χ3n) is 4.33. The molecule has 1 aromatic heterocycles. The summed E-state index contributed by atoms with van der Waals surface area (Å²) in [5.74, 6) is -0.745. The van der Waals surface area contributed by atoms with Gasteiger partial charge >= 0.3 is 5.97 Å². The average molecular weight is 380 g/mol. The number of hydrogen-bond donors (Lipinski definition) is 1. The maximum Gasteiger partial charge on any atom is 0.344 e. The van der Waals surface area contributed by atoms with Gasteiger partial charge in [-0.15, -0.1) is 0 Å². The van der Waals surface area contributed by atoms with Gasteiger partial charge < -0.3 is 10.1 Å². The highest BCUT2D eigenvalue weighted by Crippen LogP contribution is 2.29. The second kappa shape index (κ2) is 7.91. The van der Waals surface area contributed by atoms with Crippen molar-refractivity contribution < 1.29 is 14.5 Å². The van der Waals surface area contributed by atoms with Gasteiger partial charge in [0.05, 0.1) is 23.4 Å². The Balaban J connectivity index is 1.91. The summed E-state index contributed by atoms with van der Waals surface area (Å²) in [5, 5.41) is 19.0. The van der Waals surface area contributed by atoms with Gasteiger partial charge in [0, 0.05) is 24.0 Å². The molecular weight excluding hydrogens is 360 g/mol. The van der Waals surface area contributed by atoms with Crippen LogP contribution in [0.5, 0.6) is 0 Å². The number of nitro benzene ring substituents is 1. The number of nitro groups is 1. The largest absolute Gasteiger partial charge is 0.465 e. The molecule has 0 aliphatic rings. The quantitative estimate of drug-likeness (QED) is 0.397. The highest BCUT2D eigenvalue weighted by atomic mass is 16.6. The number of rotatable bonds is 6. The zero-order chi connectivity index (χ0) is 20.3. The summed E-state index contributed by atoms with van der Waals surface area (Å²) >= 11 is 0. The number of para-hydroxylation sites is 1. The first-order valence-corrected chi connectivity index (χ1v) is 8.62. The molecule has 28 heavy (non-hydrogen) atoms. The summed E-state index contributed by atoms with van der Waals surface area (Å²) in [5.41, 5.74) is 3.48. The highest BCUT2D eigenvalue weighted by Gasteiger charge is 2.24. The van der Waals surface area contributed by atoms with Gasteiger partial charge in [-0.3, -0.25) is 10.1 Å². The molecule has 0 spiro atoms. The lowest BCUT2D eigenvalue weighted by Crippen LogP contribution is -2.10. The molecule has 1 heterocycles. The van der Waals surface area contributed by atoms with Crippen molar-refractivity contribution in [2.45, 2.75) is 20.4 Å². The van der Waals surface area contributed by atoms with E-state index in [1.54, 1.807) is 17.7 Å². The van der Waals surface area contributed by atoms with Gasteiger partial charge in [0.25, 0.3) is 5.69 Å². The highest BCUT2D eigenvalue weighted by molar-refractivity contribution is 5.95. The predicted molar refractivity (Wildman–Crippen MR) is 105 cm³/mol. The van der Waals surface area contributed by atoms with Crippen molar-refractivity contribution in [3.8, 4) is 5.69 Å². The SMILES string of the molecule is COC(=O)c1cc(NCc2ccccc2-n2ccc(C)n2)cc(C)c1[N+](=O)[O-]. The lowest BCUT2D eigenvalue weighted by molar-refractivity contribution is -0.385. The van der Waals surface area contributed by atoms with Crippen LogP contribution < -0.4 is 5.32 Å². The number of nitrogens with one attached hydrogen (secondary N) is 1. The Morgan fingerprint density at radius 2 is 2.00 bits per heavy atom. The molecule has 0 aliphatic carbocycles. The molecular formula is C20H20N4O4. The van der Waals surface area contributed by atoms with E-state index in [0.717, 1.165) is 16.9 Å². The van der Waals surface area contributed by atoms with E-state index >= 15 is 0 Å². The Kier molecular flexibility index (Phi) is 5.39. The van der Waals surface area contributed by atoms with Gasteiger partial charge in [0.15, 0.2) is 0 Å². The Morgan fingerprint density at radius 3 is 2.64 bits per heavy atom. The second-order valence-corrected chi connectivity index (χ2v) is 6.32. The van der Waals surface area contributed by atoms with Crippen LogP contribution in [0, 0.1) is 24.0 Å². The summed E-state index contributed by atoms with van der Waals surface area (Å²) in [6.45, 7) is 3.97. The van der Waals surface area contributed by atoms with Crippen molar-refractivity contribution in [1.29, 1.82) is 0 Å². The van der Waals surface area contributed by atoms with Crippen LogP contribution in [0.25, 0.3) is 5.69 Å². The fourth-order valence-corrected chi connectivity index (χ4v) is 3.02.